The highest BCUT2D eigenvalue weighted by atomic mass is 32.1. The molecule has 6 heteroatoms. The molecule has 2 aromatic rings. The first-order chi connectivity index (χ1) is 10.7. The summed E-state index contributed by atoms with van der Waals surface area (Å²) in [5, 5.41) is 3.46. The number of nitrogens with zero attached hydrogens (tertiary/aromatic N) is 1. The number of hydrogen-bond donors (Lipinski definition) is 1. The van der Waals surface area contributed by atoms with Crippen LogP contribution in [0.1, 0.15) is 23.3 Å². The minimum absolute atomic E-state index is 0.0946. The Hall–Kier alpha value is -1.92. The summed E-state index contributed by atoms with van der Waals surface area (Å²) in [7, 11) is 1.65. The fraction of sp³-hybridized carbons (Fsp3) is 0.375. The number of rotatable bonds is 5. The molecule has 1 aromatic heterocycles. The molecule has 3 rings (SSSR count). The molecule has 1 fully saturated rings. The van der Waals surface area contributed by atoms with Crippen LogP contribution in [-0.4, -0.2) is 30.7 Å². The van der Waals surface area contributed by atoms with E-state index in [4.69, 9.17) is 9.47 Å². The van der Waals surface area contributed by atoms with Crippen molar-refractivity contribution < 1.29 is 14.3 Å². The van der Waals surface area contributed by atoms with Crippen LogP contribution in [0.15, 0.2) is 30.5 Å². The van der Waals surface area contributed by atoms with Gasteiger partial charge in [0.05, 0.1) is 7.11 Å². The van der Waals surface area contributed by atoms with Crippen LogP contribution in [0, 0.1) is 0 Å². The maximum Gasteiger partial charge on any atom is 0.255 e. The Bertz CT molecular complexity index is 633. The van der Waals surface area contributed by atoms with E-state index in [-0.39, 0.29) is 12.0 Å². The fourth-order valence-electron chi connectivity index (χ4n) is 2.36. The zero-order valence-electron chi connectivity index (χ0n) is 12.4. The summed E-state index contributed by atoms with van der Waals surface area (Å²) in [6, 6.07) is 7.94. The highest BCUT2D eigenvalue weighted by Gasteiger charge is 2.24. The Kier molecular flexibility index (Phi) is 4.70. The molecule has 1 aliphatic heterocycles. The lowest BCUT2D eigenvalue weighted by Gasteiger charge is -2.07. The maximum atomic E-state index is 12.0. The van der Waals surface area contributed by atoms with Crippen LogP contribution in [0.25, 0.3) is 0 Å². The second-order valence-electron chi connectivity index (χ2n) is 5.15. The van der Waals surface area contributed by atoms with Crippen LogP contribution in [0.2, 0.25) is 0 Å². The quantitative estimate of drug-likeness (QED) is 0.921. The highest BCUT2D eigenvalue weighted by Crippen LogP contribution is 2.23. The Morgan fingerprint density at radius 2 is 2.27 bits per heavy atom. The standard InChI is InChI=1S/C16H18N2O3S/c1-20-12-6-4-11(5-7-12)9-13-10-17-16(22-13)18-15(19)14-3-2-8-21-14/h4-7,10,14H,2-3,8-9H2,1H3,(H,17,18,19). The first-order valence-electron chi connectivity index (χ1n) is 7.25. The van der Waals surface area contributed by atoms with Gasteiger partial charge in [-0.15, -0.1) is 11.3 Å². The minimum Gasteiger partial charge on any atom is -0.497 e. The number of hydrogen-bond acceptors (Lipinski definition) is 5. The molecule has 1 amide bonds. The molecule has 22 heavy (non-hydrogen) atoms. The van der Waals surface area contributed by atoms with E-state index in [1.54, 1.807) is 13.3 Å². The molecule has 0 bridgehead atoms. The van der Waals surface area contributed by atoms with Gasteiger partial charge in [0.2, 0.25) is 0 Å². The summed E-state index contributed by atoms with van der Waals surface area (Å²) < 4.78 is 10.5. The van der Waals surface area contributed by atoms with Crippen molar-refractivity contribution in [3.63, 3.8) is 0 Å². The highest BCUT2D eigenvalue weighted by molar-refractivity contribution is 7.15. The predicted molar refractivity (Wildman–Crippen MR) is 85.5 cm³/mol. The third kappa shape index (κ3) is 3.64. The van der Waals surface area contributed by atoms with Gasteiger partial charge in [-0.3, -0.25) is 10.1 Å². The Morgan fingerprint density at radius 1 is 1.45 bits per heavy atom. The molecule has 2 heterocycles. The Balaban J connectivity index is 1.59. The first-order valence-corrected chi connectivity index (χ1v) is 8.06. The van der Waals surface area contributed by atoms with E-state index in [9.17, 15) is 4.79 Å². The lowest BCUT2D eigenvalue weighted by atomic mass is 10.1. The number of methoxy groups -OCH3 is 1. The Labute approximate surface area is 133 Å². The van der Waals surface area contributed by atoms with E-state index >= 15 is 0 Å². The monoisotopic (exact) mass is 318 g/mol. The average Bonchev–Trinajstić information content (AvgIpc) is 3.20. The zero-order chi connectivity index (χ0) is 15.4. The van der Waals surface area contributed by atoms with Gasteiger partial charge >= 0.3 is 0 Å². The normalized spacial score (nSPS) is 17.4. The van der Waals surface area contributed by atoms with Crippen molar-refractivity contribution in [1.29, 1.82) is 0 Å². The molecule has 0 spiro atoms. The van der Waals surface area contributed by atoms with Gasteiger partial charge in [-0.25, -0.2) is 4.98 Å². The molecule has 1 N–H and O–H groups in total. The number of ether oxygens (including phenoxy) is 2. The van der Waals surface area contributed by atoms with Gasteiger partial charge < -0.3 is 9.47 Å². The van der Waals surface area contributed by atoms with E-state index in [1.165, 1.54) is 16.9 Å². The number of anilines is 1. The van der Waals surface area contributed by atoms with Crippen LogP contribution >= 0.6 is 11.3 Å². The zero-order valence-corrected chi connectivity index (χ0v) is 13.2. The van der Waals surface area contributed by atoms with Gasteiger partial charge in [-0.2, -0.15) is 0 Å². The van der Waals surface area contributed by atoms with Crippen molar-refractivity contribution in [3.05, 3.63) is 40.9 Å². The molecule has 1 aromatic carbocycles. The number of carbonyl (C=O) groups excluding carboxylic acids is 1. The summed E-state index contributed by atoms with van der Waals surface area (Å²) in [6.45, 7) is 0.665. The van der Waals surface area contributed by atoms with Crippen LogP contribution in [-0.2, 0) is 16.0 Å². The van der Waals surface area contributed by atoms with Crippen LogP contribution < -0.4 is 10.1 Å². The van der Waals surface area contributed by atoms with E-state index in [1.807, 2.05) is 24.3 Å². The van der Waals surface area contributed by atoms with Crippen molar-refractivity contribution in [2.75, 3.05) is 19.0 Å². The van der Waals surface area contributed by atoms with Crippen molar-refractivity contribution in [3.8, 4) is 5.75 Å². The third-order valence-corrected chi connectivity index (χ3v) is 4.46. The van der Waals surface area contributed by atoms with Crippen LogP contribution in [0.4, 0.5) is 5.13 Å². The van der Waals surface area contributed by atoms with Crippen LogP contribution in [0.5, 0.6) is 5.75 Å². The predicted octanol–water partition coefficient (Wildman–Crippen LogP) is 2.86. The summed E-state index contributed by atoms with van der Waals surface area (Å²) >= 11 is 1.49. The van der Waals surface area contributed by atoms with E-state index in [0.717, 1.165) is 29.9 Å². The van der Waals surface area contributed by atoms with Gasteiger partial charge in [-0.1, -0.05) is 12.1 Å². The summed E-state index contributed by atoms with van der Waals surface area (Å²) in [5.41, 5.74) is 1.18. The second-order valence-corrected chi connectivity index (χ2v) is 6.26. The Morgan fingerprint density at radius 3 is 2.95 bits per heavy atom. The third-order valence-electron chi connectivity index (χ3n) is 3.54. The van der Waals surface area contributed by atoms with Gasteiger partial charge in [-0.05, 0) is 30.5 Å². The van der Waals surface area contributed by atoms with Crippen molar-refractivity contribution in [1.82, 2.24) is 4.98 Å². The number of aromatic nitrogens is 1. The second kappa shape index (κ2) is 6.89. The van der Waals surface area contributed by atoms with Gasteiger partial charge in [0.1, 0.15) is 11.9 Å². The molecule has 1 saturated heterocycles. The van der Waals surface area contributed by atoms with Gasteiger partial charge in [0.25, 0.3) is 5.91 Å². The molecule has 1 atom stereocenters. The largest absolute Gasteiger partial charge is 0.497 e. The van der Waals surface area contributed by atoms with Gasteiger partial charge in [0.15, 0.2) is 5.13 Å². The number of amides is 1. The molecular weight excluding hydrogens is 300 g/mol. The molecule has 5 nitrogen and oxygen atoms in total. The number of nitrogens with one attached hydrogen (secondary N) is 1. The topological polar surface area (TPSA) is 60.5 Å². The molecule has 1 unspecified atom stereocenters. The smallest absolute Gasteiger partial charge is 0.255 e. The van der Waals surface area contributed by atoms with Crippen LogP contribution in [0.3, 0.4) is 0 Å². The molecule has 1 aliphatic rings. The number of thiazole rings is 1. The summed E-state index contributed by atoms with van der Waals surface area (Å²) in [6.07, 6.45) is 4.00. The van der Waals surface area contributed by atoms with Crippen molar-refractivity contribution >= 4 is 22.4 Å². The lowest BCUT2D eigenvalue weighted by molar-refractivity contribution is -0.124. The van der Waals surface area contributed by atoms with E-state index in [0.29, 0.717) is 11.7 Å². The summed E-state index contributed by atoms with van der Waals surface area (Å²) in [4.78, 5) is 17.3. The molecule has 116 valence electrons. The first kappa shape index (κ1) is 15.0. The van der Waals surface area contributed by atoms with Crippen molar-refractivity contribution in [2.45, 2.75) is 25.4 Å². The minimum atomic E-state index is -0.325. The molecule has 0 aliphatic carbocycles. The molecule has 0 saturated carbocycles. The van der Waals surface area contributed by atoms with Crippen molar-refractivity contribution in [2.24, 2.45) is 0 Å². The van der Waals surface area contributed by atoms with E-state index < -0.39 is 0 Å². The molecule has 0 radical (unpaired) electrons. The number of carbonyl (C=O) groups is 1. The van der Waals surface area contributed by atoms with E-state index in [2.05, 4.69) is 10.3 Å². The number of benzene rings is 1. The SMILES string of the molecule is COc1ccc(Cc2cnc(NC(=O)C3CCCO3)s2)cc1. The fourth-order valence-corrected chi connectivity index (χ4v) is 3.21. The summed E-state index contributed by atoms with van der Waals surface area (Å²) in [5.74, 6) is 0.750. The van der Waals surface area contributed by atoms with Gasteiger partial charge in [0, 0.05) is 24.1 Å². The maximum absolute atomic E-state index is 12.0. The lowest BCUT2D eigenvalue weighted by Crippen LogP contribution is -2.26. The average molecular weight is 318 g/mol. The molecular formula is C16H18N2O3S.